The summed E-state index contributed by atoms with van der Waals surface area (Å²) < 4.78 is 10.3. The van der Waals surface area contributed by atoms with E-state index in [2.05, 4.69) is 0 Å². The van der Waals surface area contributed by atoms with E-state index in [4.69, 9.17) is 9.47 Å². The molecule has 0 radical (unpaired) electrons. The van der Waals surface area contributed by atoms with Crippen LogP contribution in [0.1, 0.15) is 20.8 Å². The molecule has 4 heteroatoms. The number of likely N-dealkylation sites (tertiary alicyclic amines) is 1. The number of carbonyl (C=O) groups excluding carboxylic acids is 1. The number of ether oxygens (including phenoxy) is 2. The lowest BCUT2D eigenvalue weighted by Crippen LogP contribution is -2.53. The summed E-state index contributed by atoms with van der Waals surface area (Å²) >= 11 is 0. The summed E-state index contributed by atoms with van der Waals surface area (Å²) in [6.45, 7) is 7.65. The van der Waals surface area contributed by atoms with Gasteiger partial charge in [-0.2, -0.15) is 0 Å². The van der Waals surface area contributed by atoms with E-state index in [1.807, 2.05) is 25.7 Å². The first-order chi connectivity index (χ1) is 6.40. The van der Waals surface area contributed by atoms with E-state index < -0.39 is 0 Å². The maximum absolute atomic E-state index is 11.4. The van der Waals surface area contributed by atoms with Crippen LogP contribution >= 0.6 is 0 Å². The van der Waals surface area contributed by atoms with Crippen LogP contribution < -0.4 is 0 Å². The van der Waals surface area contributed by atoms with E-state index in [-0.39, 0.29) is 17.7 Å². The molecule has 0 aromatic carbocycles. The fourth-order valence-electron chi connectivity index (χ4n) is 1.36. The first kappa shape index (κ1) is 11.5. The molecule has 1 fully saturated rings. The van der Waals surface area contributed by atoms with Crippen LogP contribution in [-0.2, 0) is 14.3 Å². The highest BCUT2D eigenvalue weighted by molar-refractivity contribution is 5.72. The second kappa shape index (κ2) is 4.28. The highest BCUT2D eigenvalue weighted by Gasteiger charge is 2.29. The highest BCUT2D eigenvalue weighted by atomic mass is 16.6. The summed E-state index contributed by atoms with van der Waals surface area (Å²) in [5.41, 5.74) is -0.386. The molecule has 0 unspecified atom stereocenters. The summed E-state index contributed by atoms with van der Waals surface area (Å²) in [5.74, 6) is -0.160. The Morgan fingerprint density at radius 2 is 2.00 bits per heavy atom. The Balaban J connectivity index is 2.17. The molecule has 1 rings (SSSR count). The van der Waals surface area contributed by atoms with Crippen LogP contribution in [-0.4, -0.2) is 49.3 Å². The molecule has 1 saturated heterocycles. The standard InChI is InChI=1S/C10H19NO3/c1-10(2,3)14-9(12)7-11-5-8(6-11)13-4/h8H,5-7H2,1-4H3. The predicted molar refractivity (Wildman–Crippen MR) is 53.1 cm³/mol. The number of nitrogens with zero attached hydrogens (tertiary/aromatic N) is 1. The van der Waals surface area contributed by atoms with Crippen LogP contribution in [0.3, 0.4) is 0 Å². The maximum Gasteiger partial charge on any atom is 0.320 e. The molecule has 0 aromatic heterocycles. The molecule has 14 heavy (non-hydrogen) atoms. The normalized spacial score (nSPS) is 19.1. The number of rotatable bonds is 3. The van der Waals surface area contributed by atoms with E-state index in [0.717, 1.165) is 13.1 Å². The Morgan fingerprint density at radius 1 is 1.43 bits per heavy atom. The van der Waals surface area contributed by atoms with Crippen LogP contribution in [0.15, 0.2) is 0 Å². The van der Waals surface area contributed by atoms with E-state index in [1.165, 1.54) is 0 Å². The van der Waals surface area contributed by atoms with Gasteiger partial charge in [-0.05, 0) is 20.8 Å². The molecule has 82 valence electrons. The Hall–Kier alpha value is -0.610. The summed E-state index contributed by atoms with van der Waals surface area (Å²) in [7, 11) is 1.69. The third kappa shape index (κ3) is 3.64. The van der Waals surface area contributed by atoms with Gasteiger partial charge >= 0.3 is 5.97 Å². The van der Waals surface area contributed by atoms with Crippen LogP contribution in [0, 0.1) is 0 Å². The van der Waals surface area contributed by atoms with Crippen molar-refractivity contribution in [2.24, 2.45) is 0 Å². The van der Waals surface area contributed by atoms with Gasteiger partial charge in [-0.3, -0.25) is 9.69 Å². The molecule has 0 spiro atoms. The minimum Gasteiger partial charge on any atom is -0.459 e. The van der Waals surface area contributed by atoms with Gasteiger partial charge in [0.25, 0.3) is 0 Å². The van der Waals surface area contributed by atoms with Gasteiger partial charge in [-0.25, -0.2) is 0 Å². The van der Waals surface area contributed by atoms with Gasteiger partial charge in [0.05, 0.1) is 12.6 Å². The number of hydrogen-bond acceptors (Lipinski definition) is 4. The fraction of sp³-hybridized carbons (Fsp3) is 0.900. The van der Waals surface area contributed by atoms with Crippen LogP contribution in [0.2, 0.25) is 0 Å². The zero-order valence-electron chi connectivity index (χ0n) is 9.37. The monoisotopic (exact) mass is 201 g/mol. The number of esters is 1. The van der Waals surface area contributed by atoms with Gasteiger partial charge in [0.1, 0.15) is 5.60 Å². The van der Waals surface area contributed by atoms with E-state index >= 15 is 0 Å². The summed E-state index contributed by atoms with van der Waals surface area (Å²) in [4.78, 5) is 13.4. The quantitative estimate of drug-likeness (QED) is 0.629. The molecule has 0 amide bonds. The maximum atomic E-state index is 11.4. The lowest BCUT2D eigenvalue weighted by molar-refractivity contribution is -0.159. The molecule has 0 aromatic rings. The zero-order valence-corrected chi connectivity index (χ0v) is 9.37. The predicted octanol–water partition coefficient (Wildman–Crippen LogP) is 0.659. The van der Waals surface area contributed by atoms with Crippen LogP contribution in [0.25, 0.3) is 0 Å². The summed E-state index contributed by atoms with van der Waals surface area (Å²) in [5, 5.41) is 0. The third-order valence-corrected chi connectivity index (χ3v) is 2.03. The molecular formula is C10H19NO3. The lowest BCUT2D eigenvalue weighted by Gasteiger charge is -2.37. The minimum atomic E-state index is -0.386. The Bertz CT molecular complexity index is 204. The SMILES string of the molecule is COC1CN(CC(=O)OC(C)(C)C)C1. The molecule has 4 nitrogen and oxygen atoms in total. The first-order valence-electron chi connectivity index (χ1n) is 4.88. The van der Waals surface area contributed by atoms with Gasteiger partial charge in [0.15, 0.2) is 0 Å². The van der Waals surface area contributed by atoms with E-state index in [0.29, 0.717) is 6.54 Å². The van der Waals surface area contributed by atoms with Gasteiger partial charge in [0.2, 0.25) is 0 Å². The Morgan fingerprint density at radius 3 is 2.43 bits per heavy atom. The van der Waals surface area contributed by atoms with Gasteiger partial charge < -0.3 is 9.47 Å². The van der Waals surface area contributed by atoms with Crippen molar-refractivity contribution >= 4 is 5.97 Å². The van der Waals surface area contributed by atoms with Crippen LogP contribution in [0.4, 0.5) is 0 Å². The molecular weight excluding hydrogens is 182 g/mol. The van der Waals surface area contributed by atoms with Crippen molar-refractivity contribution in [3.63, 3.8) is 0 Å². The summed E-state index contributed by atoms with van der Waals surface area (Å²) in [6.07, 6.45) is 0.289. The topological polar surface area (TPSA) is 38.8 Å². The number of hydrogen-bond donors (Lipinski definition) is 0. The van der Waals surface area contributed by atoms with Crippen molar-refractivity contribution < 1.29 is 14.3 Å². The second-order valence-electron chi connectivity index (χ2n) is 4.64. The third-order valence-electron chi connectivity index (χ3n) is 2.03. The average molecular weight is 201 g/mol. The molecule has 0 saturated carbocycles. The largest absolute Gasteiger partial charge is 0.459 e. The molecule has 1 heterocycles. The molecule has 0 aliphatic carbocycles. The van der Waals surface area contributed by atoms with Gasteiger partial charge in [-0.1, -0.05) is 0 Å². The van der Waals surface area contributed by atoms with Gasteiger partial charge in [-0.15, -0.1) is 0 Å². The van der Waals surface area contributed by atoms with Crippen molar-refractivity contribution in [1.82, 2.24) is 4.90 Å². The zero-order chi connectivity index (χ0) is 10.8. The highest BCUT2D eigenvalue weighted by Crippen LogP contribution is 2.12. The van der Waals surface area contributed by atoms with Crippen molar-refractivity contribution in [2.75, 3.05) is 26.7 Å². The molecule has 1 aliphatic heterocycles. The number of methoxy groups -OCH3 is 1. The van der Waals surface area contributed by atoms with E-state index in [1.54, 1.807) is 7.11 Å². The van der Waals surface area contributed by atoms with Crippen molar-refractivity contribution in [1.29, 1.82) is 0 Å². The first-order valence-corrected chi connectivity index (χ1v) is 4.88. The molecule has 1 aliphatic rings. The lowest BCUT2D eigenvalue weighted by atomic mass is 10.1. The Kier molecular flexibility index (Phi) is 3.50. The average Bonchev–Trinajstić information content (AvgIpc) is 1.91. The van der Waals surface area contributed by atoms with Crippen molar-refractivity contribution in [3.05, 3.63) is 0 Å². The minimum absolute atomic E-state index is 0.160. The van der Waals surface area contributed by atoms with Crippen LogP contribution in [0.5, 0.6) is 0 Å². The van der Waals surface area contributed by atoms with Crippen molar-refractivity contribution in [2.45, 2.75) is 32.5 Å². The summed E-state index contributed by atoms with van der Waals surface area (Å²) in [6, 6.07) is 0. The smallest absolute Gasteiger partial charge is 0.320 e. The molecule has 0 N–H and O–H groups in total. The van der Waals surface area contributed by atoms with Gasteiger partial charge in [0, 0.05) is 20.2 Å². The fourth-order valence-corrected chi connectivity index (χ4v) is 1.36. The van der Waals surface area contributed by atoms with Crippen molar-refractivity contribution in [3.8, 4) is 0 Å². The Labute approximate surface area is 85.2 Å². The molecule has 0 atom stereocenters. The number of carbonyl (C=O) groups is 1. The second-order valence-corrected chi connectivity index (χ2v) is 4.64. The molecule has 0 bridgehead atoms. The van der Waals surface area contributed by atoms with E-state index in [9.17, 15) is 4.79 Å².